The number of aryl methyl sites for hydroxylation is 1. The molecule has 0 bridgehead atoms. The normalized spacial score (nSPS) is 27.0. The molecule has 0 radical (unpaired) electrons. The van der Waals surface area contributed by atoms with Crippen molar-refractivity contribution in [2.45, 2.75) is 31.9 Å². The lowest BCUT2D eigenvalue weighted by molar-refractivity contribution is 0.161. The second-order valence-corrected chi connectivity index (χ2v) is 4.68. The van der Waals surface area contributed by atoms with Gasteiger partial charge in [0.05, 0.1) is 0 Å². The molecule has 1 aromatic rings. The Morgan fingerprint density at radius 3 is 2.92 bits per heavy atom. The predicted molar refractivity (Wildman–Crippen MR) is 55.5 cm³/mol. The van der Waals surface area contributed by atoms with Crippen LogP contribution in [-0.4, -0.2) is 0 Å². The van der Waals surface area contributed by atoms with Gasteiger partial charge in [0.1, 0.15) is 5.67 Å². The van der Waals surface area contributed by atoms with Crippen LogP contribution < -0.4 is 0 Å². The molecule has 13 heavy (non-hydrogen) atoms. The van der Waals surface area contributed by atoms with Gasteiger partial charge in [0, 0.05) is 10.0 Å². The fourth-order valence-electron chi connectivity index (χ4n) is 2.10. The summed E-state index contributed by atoms with van der Waals surface area (Å²) in [5, 5.41) is 0. The van der Waals surface area contributed by atoms with Crippen LogP contribution in [0, 0.1) is 0 Å². The molecule has 1 atom stereocenters. The molecule has 1 aliphatic carbocycles. The standard InChI is InChI=1S/C11H12BrF/c1-11(13)7-3-5-8-4-2-6-9(12)10(8)11/h2,4,6H,3,5,7H2,1H3. The van der Waals surface area contributed by atoms with E-state index in [0.29, 0.717) is 6.42 Å². The van der Waals surface area contributed by atoms with E-state index in [4.69, 9.17) is 0 Å². The average molecular weight is 243 g/mol. The average Bonchev–Trinajstić information content (AvgIpc) is 2.02. The molecule has 0 saturated carbocycles. The zero-order valence-corrected chi connectivity index (χ0v) is 9.20. The molecular formula is C11H12BrF. The molecule has 1 unspecified atom stereocenters. The lowest BCUT2D eigenvalue weighted by atomic mass is 9.82. The lowest BCUT2D eigenvalue weighted by Crippen LogP contribution is -2.22. The minimum Gasteiger partial charge on any atom is -0.239 e. The van der Waals surface area contributed by atoms with Crippen LogP contribution in [0.2, 0.25) is 0 Å². The maximum atomic E-state index is 14.1. The zero-order valence-electron chi connectivity index (χ0n) is 7.61. The first-order valence-corrected chi connectivity index (χ1v) is 5.37. The van der Waals surface area contributed by atoms with Crippen molar-refractivity contribution in [3.05, 3.63) is 33.8 Å². The molecule has 70 valence electrons. The van der Waals surface area contributed by atoms with Crippen LogP contribution in [0.4, 0.5) is 4.39 Å². The number of alkyl halides is 1. The number of hydrogen-bond acceptors (Lipinski definition) is 0. The van der Waals surface area contributed by atoms with Crippen LogP contribution in [0.25, 0.3) is 0 Å². The topological polar surface area (TPSA) is 0 Å². The van der Waals surface area contributed by atoms with Crippen LogP contribution in [0.5, 0.6) is 0 Å². The molecule has 0 heterocycles. The van der Waals surface area contributed by atoms with E-state index < -0.39 is 5.67 Å². The molecule has 2 heteroatoms. The van der Waals surface area contributed by atoms with Crippen molar-refractivity contribution in [2.75, 3.05) is 0 Å². The van der Waals surface area contributed by atoms with Gasteiger partial charge in [-0.2, -0.15) is 0 Å². The third kappa shape index (κ3) is 1.52. The van der Waals surface area contributed by atoms with Crippen LogP contribution in [0.15, 0.2) is 22.7 Å². The number of halogens is 2. The number of rotatable bonds is 0. The van der Waals surface area contributed by atoms with E-state index in [9.17, 15) is 4.39 Å². The van der Waals surface area contributed by atoms with Gasteiger partial charge in [-0.3, -0.25) is 0 Å². The van der Waals surface area contributed by atoms with E-state index in [0.717, 1.165) is 28.4 Å². The lowest BCUT2D eigenvalue weighted by Gasteiger charge is -2.29. The van der Waals surface area contributed by atoms with E-state index >= 15 is 0 Å². The van der Waals surface area contributed by atoms with E-state index in [-0.39, 0.29) is 0 Å². The Labute approximate surface area is 86.3 Å². The highest BCUT2D eigenvalue weighted by molar-refractivity contribution is 9.10. The second kappa shape index (κ2) is 3.09. The maximum Gasteiger partial charge on any atom is 0.134 e. The molecule has 0 amide bonds. The summed E-state index contributed by atoms with van der Waals surface area (Å²) in [6, 6.07) is 5.92. The number of benzene rings is 1. The van der Waals surface area contributed by atoms with E-state index in [1.807, 2.05) is 18.2 Å². The van der Waals surface area contributed by atoms with E-state index in [1.165, 1.54) is 0 Å². The van der Waals surface area contributed by atoms with Gasteiger partial charge < -0.3 is 0 Å². The van der Waals surface area contributed by atoms with Crippen molar-refractivity contribution < 1.29 is 4.39 Å². The van der Waals surface area contributed by atoms with Crippen molar-refractivity contribution >= 4 is 15.9 Å². The molecule has 0 spiro atoms. The van der Waals surface area contributed by atoms with Crippen molar-refractivity contribution in [3.8, 4) is 0 Å². The first-order chi connectivity index (χ1) is 6.11. The number of fused-ring (bicyclic) bond motifs is 1. The van der Waals surface area contributed by atoms with Gasteiger partial charge in [-0.25, -0.2) is 4.39 Å². The van der Waals surface area contributed by atoms with Gasteiger partial charge in [0.2, 0.25) is 0 Å². The Balaban J connectivity index is 2.61. The van der Waals surface area contributed by atoms with Crippen molar-refractivity contribution in [2.24, 2.45) is 0 Å². The summed E-state index contributed by atoms with van der Waals surface area (Å²) in [4.78, 5) is 0. The molecule has 2 rings (SSSR count). The minimum atomic E-state index is -1.15. The Morgan fingerprint density at radius 1 is 1.46 bits per heavy atom. The summed E-state index contributed by atoms with van der Waals surface area (Å²) in [5.41, 5.74) is 0.875. The summed E-state index contributed by atoms with van der Waals surface area (Å²) in [7, 11) is 0. The monoisotopic (exact) mass is 242 g/mol. The van der Waals surface area contributed by atoms with Gasteiger partial charge in [0.15, 0.2) is 0 Å². The fraction of sp³-hybridized carbons (Fsp3) is 0.455. The molecule has 0 aliphatic heterocycles. The first kappa shape index (κ1) is 9.20. The fourth-order valence-corrected chi connectivity index (χ4v) is 2.92. The second-order valence-electron chi connectivity index (χ2n) is 3.82. The highest BCUT2D eigenvalue weighted by Crippen LogP contribution is 2.41. The maximum absolute atomic E-state index is 14.1. The molecule has 0 fully saturated rings. The quantitative estimate of drug-likeness (QED) is 0.646. The molecular weight excluding hydrogens is 231 g/mol. The van der Waals surface area contributed by atoms with E-state index in [1.54, 1.807) is 6.92 Å². The van der Waals surface area contributed by atoms with Gasteiger partial charge >= 0.3 is 0 Å². The molecule has 0 aromatic heterocycles. The first-order valence-electron chi connectivity index (χ1n) is 4.58. The Kier molecular flexibility index (Phi) is 2.18. The molecule has 1 aliphatic rings. The summed E-state index contributed by atoms with van der Waals surface area (Å²) in [6.07, 6.45) is 2.60. The van der Waals surface area contributed by atoms with E-state index in [2.05, 4.69) is 15.9 Å². The van der Waals surface area contributed by atoms with Gasteiger partial charge in [-0.05, 0) is 37.8 Å². The van der Waals surface area contributed by atoms with Crippen molar-refractivity contribution in [3.63, 3.8) is 0 Å². The molecule has 0 N–H and O–H groups in total. The van der Waals surface area contributed by atoms with Crippen LogP contribution >= 0.6 is 15.9 Å². The minimum absolute atomic E-state index is 0.641. The predicted octanol–water partition coefficient (Wildman–Crippen LogP) is 3.97. The summed E-state index contributed by atoms with van der Waals surface area (Å²) >= 11 is 3.42. The summed E-state index contributed by atoms with van der Waals surface area (Å²) in [5.74, 6) is 0. The molecule has 1 aromatic carbocycles. The van der Waals surface area contributed by atoms with Crippen LogP contribution in [0.3, 0.4) is 0 Å². The largest absolute Gasteiger partial charge is 0.239 e. The zero-order chi connectivity index (χ0) is 9.47. The van der Waals surface area contributed by atoms with Crippen molar-refractivity contribution in [1.82, 2.24) is 0 Å². The van der Waals surface area contributed by atoms with Gasteiger partial charge in [0.25, 0.3) is 0 Å². The SMILES string of the molecule is CC1(F)CCCc2cccc(Br)c21. The third-order valence-electron chi connectivity index (χ3n) is 2.71. The number of hydrogen-bond donors (Lipinski definition) is 0. The third-order valence-corrected chi connectivity index (χ3v) is 3.37. The summed E-state index contributed by atoms with van der Waals surface area (Å²) < 4.78 is 15.0. The Bertz CT molecular complexity index is 331. The van der Waals surface area contributed by atoms with Gasteiger partial charge in [-0.15, -0.1) is 0 Å². The highest BCUT2D eigenvalue weighted by atomic mass is 79.9. The smallest absolute Gasteiger partial charge is 0.134 e. The van der Waals surface area contributed by atoms with Gasteiger partial charge in [-0.1, -0.05) is 28.1 Å². The molecule has 0 nitrogen and oxygen atoms in total. The van der Waals surface area contributed by atoms with Crippen molar-refractivity contribution in [1.29, 1.82) is 0 Å². The Morgan fingerprint density at radius 2 is 2.23 bits per heavy atom. The van der Waals surface area contributed by atoms with Crippen LogP contribution in [-0.2, 0) is 12.1 Å². The van der Waals surface area contributed by atoms with Crippen LogP contribution in [0.1, 0.15) is 30.9 Å². The summed E-state index contributed by atoms with van der Waals surface area (Å²) in [6.45, 7) is 1.68. The Hall–Kier alpha value is -0.370. The molecule has 0 saturated heterocycles. The highest BCUT2D eigenvalue weighted by Gasteiger charge is 2.33.